The van der Waals surface area contributed by atoms with Gasteiger partial charge in [-0.15, -0.1) is 0 Å². The van der Waals surface area contributed by atoms with Gasteiger partial charge >= 0.3 is 5.97 Å². The Bertz CT molecular complexity index is 1420. The molecule has 0 bridgehead atoms. The molecule has 0 unspecified atom stereocenters. The number of aromatic nitrogens is 2. The minimum atomic E-state index is -0.510. The highest BCUT2D eigenvalue weighted by atomic mass is 19.1. The lowest BCUT2D eigenvalue weighted by atomic mass is 10.1. The quantitative estimate of drug-likeness (QED) is 0.335. The number of benzene rings is 3. The zero-order valence-electron chi connectivity index (χ0n) is 21.4. The molecule has 0 saturated carbocycles. The molecule has 3 aromatic carbocycles. The second kappa shape index (κ2) is 10.9. The molecule has 8 heteroatoms. The lowest BCUT2D eigenvalue weighted by Gasteiger charge is -2.36. The van der Waals surface area contributed by atoms with Crippen molar-refractivity contribution in [1.82, 2.24) is 14.7 Å². The van der Waals surface area contributed by atoms with Gasteiger partial charge in [0.15, 0.2) is 5.69 Å². The normalized spacial score (nSPS) is 13.4. The summed E-state index contributed by atoms with van der Waals surface area (Å²) >= 11 is 0. The number of amides is 1. The molecular formula is C30H29FN4O3. The maximum atomic E-state index is 13.5. The van der Waals surface area contributed by atoms with Crippen LogP contribution in [-0.4, -0.2) is 59.3 Å². The van der Waals surface area contributed by atoms with E-state index in [4.69, 9.17) is 4.74 Å². The van der Waals surface area contributed by atoms with Gasteiger partial charge in [0.05, 0.1) is 18.0 Å². The number of hydrogen-bond acceptors (Lipinski definition) is 5. The van der Waals surface area contributed by atoms with E-state index in [1.807, 2.05) is 60.4 Å². The summed E-state index contributed by atoms with van der Waals surface area (Å²) in [7, 11) is 0. The highest BCUT2D eigenvalue weighted by molar-refractivity contribution is 5.94. The van der Waals surface area contributed by atoms with Gasteiger partial charge < -0.3 is 14.5 Å². The average Bonchev–Trinajstić information content (AvgIpc) is 3.40. The molecule has 7 nitrogen and oxygen atoms in total. The summed E-state index contributed by atoms with van der Waals surface area (Å²) in [5.74, 6) is -0.797. The van der Waals surface area contributed by atoms with Crippen molar-refractivity contribution in [3.8, 4) is 16.9 Å². The van der Waals surface area contributed by atoms with E-state index < -0.39 is 5.97 Å². The van der Waals surface area contributed by atoms with Crippen LogP contribution in [0.5, 0.6) is 0 Å². The highest BCUT2D eigenvalue weighted by Crippen LogP contribution is 2.28. The van der Waals surface area contributed by atoms with Gasteiger partial charge in [-0.25, -0.2) is 13.9 Å². The van der Waals surface area contributed by atoms with Crippen LogP contribution in [0, 0.1) is 12.7 Å². The third-order valence-corrected chi connectivity index (χ3v) is 6.66. The molecule has 1 fully saturated rings. The lowest BCUT2D eigenvalue weighted by Crippen LogP contribution is -2.48. The summed E-state index contributed by atoms with van der Waals surface area (Å²) in [5.41, 5.74) is 5.27. The van der Waals surface area contributed by atoms with Gasteiger partial charge in [0.1, 0.15) is 5.82 Å². The molecule has 0 spiro atoms. The number of aryl methyl sites for hydroxylation is 1. The molecule has 4 aromatic rings. The second-order valence-electron chi connectivity index (χ2n) is 9.22. The van der Waals surface area contributed by atoms with Crippen LogP contribution in [0.4, 0.5) is 10.1 Å². The second-order valence-corrected chi connectivity index (χ2v) is 9.22. The molecule has 194 valence electrons. The van der Waals surface area contributed by atoms with E-state index in [-0.39, 0.29) is 24.0 Å². The van der Waals surface area contributed by atoms with Gasteiger partial charge in [0.2, 0.25) is 0 Å². The summed E-state index contributed by atoms with van der Waals surface area (Å²) in [6.07, 6.45) is 0. The van der Waals surface area contributed by atoms with Crippen LogP contribution in [0.2, 0.25) is 0 Å². The molecule has 1 amide bonds. The summed E-state index contributed by atoms with van der Waals surface area (Å²) in [6.45, 7) is 6.76. The van der Waals surface area contributed by atoms with Gasteiger partial charge in [0.25, 0.3) is 5.91 Å². The number of ether oxygens (including phenoxy) is 1. The monoisotopic (exact) mass is 512 g/mol. The fourth-order valence-electron chi connectivity index (χ4n) is 4.56. The van der Waals surface area contributed by atoms with E-state index in [0.29, 0.717) is 30.0 Å². The first-order valence-corrected chi connectivity index (χ1v) is 12.7. The van der Waals surface area contributed by atoms with E-state index in [1.54, 1.807) is 29.8 Å². The smallest absolute Gasteiger partial charge is 0.358 e. The van der Waals surface area contributed by atoms with Crippen molar-refractivity contribution in [1.29, 1.82) is 0 Å². The van der Waals surface area contributed by atoms with E-state index >= 15 is 0 Å². The molecule has 0 N–H and O–H groups in total. The standard InChI is InChI=1S/C30H29FN4O3/c1-3-38-30(37)27-20-28(35(32-27)26-14-10-24(31)11-15-26)22-8-12-25(13-9-22)33-16-18-34(19-17-33)29(36)23-6-4-21(2)5-7-23/h4-15,20H,3,16-19H2,1-2H3. The lowest BCUT2D eigenvalue weighted by molar-refractivity contribution is 0.0518. The van der Waals surface area contributed by atoms with E-state index in [0.717, 1.165) is 29.9 Å². The Kier molecular flexibility index (Phi) is 7.22. The largest absolute Gasteiger partial charge is 0.461 e. The number of carbonyl (C=O) groups excluding carboxylic acids is 2. The van der Waals surface area contributed by atoms with Crippen LogP contribution in [0.15, 0.2) is 78.9 Å². The van der Waals surface area contributed by atoms with Gasteiger partial charge in [-0.05, 0) is 68.4 Å². The predicted molar refractivity (Wildman–Crippen MR) is 144 cm³/mol. The molecule has 0 atom stereocenters. The SMILES string of the molecule is CCOC(=O)c1cc(-c2ccc(N3CCN(C(=O)c4ccc(C)cc4)CC3)cc2)n(-c2ccc(F)cc2)n1. The number of piperazine rings is 1. The Hall–Kier alpha value is -4.46. The molecule has 1 aliphatic heterocycles. The molecule has 1 aliphatic rings. The minimum Gasteiger partial charge on any atom is -0.461 e. The number of carbonyl (C=O) groups is 2. The summed E-state index contributed by atoms with van der Waals surface area (Å²) in [4.78, 5) is 29.4. The van der Waals surface area contributed by atoms with Crippen LogP contribution in [-0.2, 0) is 4.74 Å². The molecule has 1 aromatic heterocycles. The molecule has 5 rings (SSSR count). The fourth-order valence-corrected chi connectivity index (χ4v) is 4.56. The molecule has 0 radical (unpaired) electrons. The number of rotatable bonds is 6. The number of hydrogen-bond donors (Lipinski definition) is 0. The van der Waals surface area contributed by atoms with Crippen molar-refractivity contribution in [2.45, 2.75) is 13.8 Å². The number of anilines is 1. The third-order valence-electron chi connectivity index (χ3n) is 6.66. The number of esters is 1. The highest BCUT2D eigenvalue weighted by Gasteiger charge is 2.23. The Morgan fingerprint density at radius 3 is 2.13 bits per heavy atom. The molecule has 38 heavy (non-hydrogen) atoms. The number of halogens is 1. The first-order valence-electron chi connectivity index (χ1n) is 12.7. The third kappa shape index (κ3) is 5.29. The zero-order valence-corrected chi connectivity index (χ0v) is 21.4. The van der Waals surface area contributed by atoms with Gasteiger partial charge in [-0.3, -0.25) is 4.79 Å². The van der Waals surface area contributed by atoms with Crippen molar-refractivity contribution in [2.24, 2.45) is 0 Å². The van der Waals surface area contributed by atoms with Crippen molar-refractivity contribution >= 4 is 17.6 Å². The Morgan fingerprint density at radius 1 is 0.868 bits per heavy atom. The van der Waals surface area contributed by atoms with Crippen molar-refractivity contribution in [3.05, 3.63) is 102 Å². The van der Waals surface area contributed by atoms with Gasteiger partial charge in [0, 0.05) is 43.0 Å². The molecular weight excluding hydrogens is 483 g/mol. The van der Waals surface area contributed by atoms with Crippen LogP contribution in [0.1, 0.15) is 33.3 Å². The van der Waals surface area contributed by atoms with Crippen LogP contribution < -0.4 is 4.90 Å². The maximum Gasteiger partial charge on any atom is 0.358 e. The zero-order chi connectivity index (χ0) is 26.6. The summed E-state index contributed by atoms with van der Waals surface area (Å²) < 4.78 is 20.3. The Balaban J connectivity index is 1.33. The van der Waals surface area contributed by atoms with Crippen LogP contribution in [0.25, 0.3) is 16.9 Å². The summed E-state index contributed by atoms with van der Waals surface area (Å²) in [6, 6.07) is 23.3. The molecule has 1 saturated heterocycles. The first-order chi connectivity index (χ1) is 18.4. The molecule has 0 aliphatic carbocycles. The van der Waals surface area contributed by atoms with E-state index in [2.05, 4.69) is 10.00 Å². The van der Waals surface area contributed by atoms with Gasteiger partial charge in [-0.2, -0.15) is 5.10 Å². The van der Waals surface area contributed by atoms with Crippen molar-refractivity contribution in [2.75, 3.05) is 37.7 Å². The van der Waals surface area contributed by atoms with E-state index in [9.17, 15) is 14.0 Å². The Morgan fingerprint density at radius 2 is 1.50 bits per heavy atom. The predicted octanol–water partition coefficient (Wildman–Crippen LogP) is 5.13. The maximum absolute atomic E-state index is 13.5. The molecule has 2 heterocycles. The fraction of sp³-hybridized carbons (Fsp3) is 0.233. The van der Waals surface area contributed by atoms with Crippen LogP contribution >= 0.6 is 0 Å². The average molecular weight is 513 g/mol. The van der Waals surface area contributed by atoms with Crippen LogP contribution in [0.3, 0.4) is 0 Å². The first kappa shape index (κ1) is 25.2. The minimum absolute atomic E-state index is 0.0615. The van der Waals surface area contributed by atoms with E-state index in [1.165, 1.54) is 12.1 Å². The number of nitrogens with zero attached hydrogens (tertiary/aromatic N) is 4. The Labute approximate surface area is 221 Å². The van der Waals surface area contributed by atoms with Crippen molar-refractivity contribution < 1.29 is 18.7 Å². The topological polar surface area (TPSA) is 67.7 Å². The summed E-state index contributed by atoms with van der Waals surface area (Å²) in [5, 5.41) is 4.44. The van der Waals surface area contributed by atoms with Gasteiger partial charge in [-0.1, -0.05) is 29.8 Å². The van der Waals surface area contributed by atoms with Crippen molar-refractivity contribution in [3.63, 3.8) is 0 Å².